The van der Waals surface area contributed by atoms with E-state index in [-0.39, 0.29) is 23.4 Å². The Kier molecular flexibility index (Phi) is 6.83. The van der Waals surface area contributed by atoms with Gasteiger partial charge in [0.25, 0.3) is 11.2 Å². The molecule has 0 saturated carbocycles. The minimum Gasteiger partial charge on any atom is -0.463 e. The van der Waals surface area contributed by atoms with E-state index in [0.29, 0.717) is 42.7 Å². The lowest BCUT2D eigenvalue weighted by Gasteiger charge is -2.24. The molecular weight excluding hydrogens is 530 g/mol. The average Bonchev–Trinajstić information content (AvgIpc) is 3.48. The predicted octanol–water partition coefficient (Wildman–Crippen LogP) is 4.62. The number of non-ortho nitro benzene ring substituents is 1. The fraction of sp³-hybridized carbons (Fsp3) is 0.148. The molecule has 0 fully saturated rings. The highest BCUT2D eigenvalue weighted by atomic mass is 35.5. The van der Waals surface area contributed by atoms with Gasteiger partial charge in [-0.2, -0.15) is 0 Å². The quantitative estimate of drug-likeness (QED) is 0.197. The van der Waals surface area contributed by atoms with Crippen molar-refractivity contribution in [2.75, 3.05) is 6.61 Å². The molecule has 5 rings (SSSR count). The van der Waals surface area contributed by atoms with Crippen LogP contribution in [0.25, 0.3) is 17.4 Å². The van der Waals surface area contributed by atoms with Gasteiger partial charge in [-0.05, 0) is 55.8 Å². The van der Waals surface area contributed by atoms with Crippen LogP contribution in [0.1, 0.15) is 31.2 Å². The minimum absolute atomic E-state index is 0.0191. The second-order valence-electron chi connectivity index (χ2n) is 8.36. The Hall–Kier alpha value is -4.28. The Morgan fingerprint density at radius 3 is 2.55 bits per heavy atom. The van der Waals surface area contributed by atoms with Gasteiger partial charge in [-0.1, -0.05) is 35.1 Å². The molecule has 9 nitrogen and oxygen atoms in total. The van der Waals surface area contributed by atoms with Crippen LogP contribution in [0.5, 0.6) is 0 Å². The number of allylic oxidation sites excluding steroid dienone is 1. The molecule has 2 aromatic heterocycles. The zero-order chi connectivity index (χ0) is 27.0. The average molecular weight is 550 g/mol. The molecule has 1 aliphatic heterocycles. The van der Waals surface area contributed by atoms with Crippen molar-refractivity contribution >= 4 is 40.7 Å². The van der Waals surface area contributed by atoms with Gasteiger partial charge in [-0.15, -0.1) is 0 Å². The van der Waals surface area contributed by atoms with Crippen LogP contribution < -0.4 is 14.9 Å². The number of furan rings is 1. The number of fused-ring (bicyclic) bond motifs is 1. The molecule has 0 unspecified atom stereocenters. The van der Waals surface area contributed by atoms with Crippen molar-refractivity contribution in [3.05, 3.63) is 118 Å². The fourth-order valence-electron chi connectivity index (χ4n) is 4.21. The van der Waals surface area contributed by atoms with Crippen LogP contribution in [-0.2, 0) is 9.53 Å². The third-order valence-corrected chi connectivity index (χ3v) is 7.20. The maximum atomic E-state index is 13.7. The van der Waals surface area contributed by atoms with Crippen molar-refractivity contribution in [3.8, 4) is 11.3 Å². The molecule has 0 saturated heterocycles. The summed E-state index contributed by atoms with van der Waals surface area (Å²) in [6, 6.07) is 15.6. The normalized spacial score (nSPS) is 15.2. The van der Waals surface area contributed by atoms with E-state index >= 15 is 0 Å². The number of halogens is 1. The summed E-state index contributed by atoms with van der Waals surface area (Å²) in [6.45, 7) is 3.62. The third kappa shape index (κ3) is 4.71. The van der Waals surface area contributed by atoms with E-state index in [1.807, 2.05) is 0 Å². The summed E-state index contributed by atoms with van der Waals surface area (Å²) in [7, 11) is 0. The zero-order valence-corrected chi connectivity index (χ0v) is 21.8. The number of ether oxygens (including phenoxy) is 1. The van der Waals surface area contributed by atoms with Gasteiger partial charge in [0.15, 0.2) is 4.80 Å². The molecule has 0 amide bonds. The molecule has 0 radical (unpaired) electrons. The van der Waals surface area contributed by atoms with E-state index in [4.69, 9.17) is 20.8 Å². The Morgan fingerprint density at radius 1 is 1.18 bits per heavy atom. The Morgan fingerprint density at radius 2 is 1.89 bits per heavy atom. The van der Waals surface area contributed by atoms with Gasteiger partial charge in [0.2, 0.25) is 0 Å². The molecule has 1 aliphatic rings. The van der Waals surface area contributed by atoms with Crippen LogP contribution in [-0.4, -0.2) is 22.1 Å². The van der Waals surface area contributed by atoms with Crippen LogP contribution in [0.4, 0.5) is 5.69 Å². The minimum atomic E-state index is -0.739. The smallest absolute Gasteiger partial charge is 0.338 e. The molecule has 0 N–H and O–H groups in total. The first-order valence-corrected chi connectivity index (χ1v) is 12.8. The number of hydrogen-bond acceptors (Lipinski definition) is 8. The highest BCUT2D eigenvalue weighted by Gasteiger charge is 2.33. The lowest BCUT2D eigenvalue weighted by molar-refractivity contribution is -0.384. The first-order chi connectivity index (χ1) is 18.3. The van der Waals surface area contributed by atoms with Gasteiger partial charge in [0.05, 0.1) is 33.4 Å². The van der Waals surface area contributed by atoms with Crippen molar-refractivity contribution in [2.24, 2.45) is 4.99 Å². The summed E-state index contributed by atoms with van der Waals surface area (Å²) < 4.78 is 13.0. The van der Waals surface area contributed by atoms with Gasteiger partial charge < -0.3 is 9.15 Å². The summed E-state index contributed by atoms with van der Waals surface area (Å²) >= 11 is 7.27. The second kappa shape index (κ2) is 10.2. The van der Waals surface area contributed by atoms with Crippen molar-refractivity contribution in [1.82, 2.24) is 4.57 Å². The van der Waals surface area contributed by atoms with Gasteiger partial charge in [-0.25, -0.2) is 9.79 Å². The van der Waals surface area contributed by atoms with Crippen molar-refractivity contribution in [1.29, 1.82) is 0 Å². The van der Waals surface area contributed by atoms with E-state index in [1.54, 1.807) is 68.5 Å². The fourth-order valence-corrected chi connectivity index (χ4v) is 5.37. The summed E-state index contributed by atoms with van der Waals surface area (Å²) in [5.41, 5.74) is 1.75. The number of rotatable bonds is 6. The lowest BCUT2D eigenvalue weighted by Crippen LogP contribution is -2.39. The summed E-state index contributed by atoms with van der Waals surface area (Å²) in [6.07, 6.45) is 1.61. The molecule has 4 aromatic rings. The molecule has 0 aliphatic carbocycles. The molecule has 192 valence electrons. The van der Waals surface area contributed by atoms with Crippen LogP contribution in [0, 0.1) is 10.1 Å². The standard InChI is InChI=1S/C27H20ClN3O6S/c1-3-36-26(33)23-15(2)29-27-30(24(23)17-4-8-18(28)9-5-17)25(32)22(38-27)14-20-12-13-21(37-20)16-6-10-19(11-7-16)31(34)35/h4-14,24H,3H2,1-2H3/b22-14-/t24-/m0/s1. The number of nitro groups is 1. The highest BCUT2D eigenvalue weighted by molar-refractivity contribution is 7.07. The molecular formula is C27H20ClN3O6S. The number of nitrogens with zero attached hydrogens (tertiary/aromatic N) is 3. The zero-order valence-electron chi connectivity index (χ0n) is 20.2. The number of esters is 1. The van der Waals surface area contributed by atoms with E-state index in [9.17, 15) is 19.7 Å². The van der Waals surface area contributed by atoms with Gasteiger partial charge in [0.1, 0.15) is 11.5 Å². The number of hydrogen-bond donors (Lipinski definition) is 0. The number of nitro benzene ring substituents is 1. The maximum absolute atomic E-state index is 13.7. The Balaban J connectivity index is 1.59. The second-order valence-corrected chi connectivity index (χ2v) is 9.81. The highest BCUT2D eigenvalue weighted by Crippen LogP contribution is 2.31. The molecule has 11 heteroatoms. The van der Waals surface area contributed by atoms with E-state index in [0.717, 1.165) is 0 Å². The number of aromatic nitrogens is 1. The van der Waals surface area contributed by atoms with Crippen LogP contribution in [0.3, 0.4) is 0 Å². The number of benzene rings is 2. The van der Waals surface area contributed by atoms with Crippen molar-refractivity contribution < 1.29 is 18.9 Å². The molecule has 1 atom stereocenters. The van der Waals surface area contributed by atoms with Crippen LogP contribution in [0.15, 0.2) is 86.1 Å². The molecule has 0 bridgehead atoms. The maximum Gasteiger partial charge on any atom is 0.338 e. The first-order valence-electron chi connectivity index (χ1n) is 11.6. The predicted molar refractivity (Wildman–Crippen MR) is 143 cm³/mol. The molecule has 0 spiro atoms. The van der Waals surface area contributed by atoms with Gasteiger partial charge >= 0.3 is 5.97 Å². The largest absolute Gasteiger partial charge is 0.463 e. The van der Waals surface area contributed by atoms with Crippen molar-refractivity contribution in [3.63, 3.8) is 0 Å². The Labute approximate surface area is 224 Å². The molecule has 3 heterocycles. The topological polar surface area (TPSA) is 117 Å². The van der Waals surface area contributed by atoms with E-state index in [1.165, 1.54) is 28.0 Å². The first kappa shape index (κ1) is 25.4. The number of carbonyl (C=O) groups excluding carboxylic acids is 1. The summed E-state index contributed by atoms with van der Waals surface area (Å²) in [5.74, 6) is 0.383. The number of carbonyl (C=O) groups is 1. The SMILES string of the molecule is CCOC(=O)C1=C(C)N=c2s/c(=C\c3ccc(-c4ccc([N+](=O)[O-])cc4)o3)c(=O)n2[C@H]1c1ccc(Cl)cc1. The number of thiazole rings is 1. The van der Waals surface area contributed by atoms with Crippen molar-refractivity contribution in [2.45, 2.75) is 19.9 Å². The monoisotopic (exact) mass is 549 g/mol. The van der Waals surface area contributed by atoms with Crippen LogP contribution >= 0.6 is 22.9 Å². The lowest BCUT2D eigenvalue weighted by atomic mass is 9.96. The Bertz CT molecular complexity index is 1760. The summed E-state index contributed by atoms with van der Waals surface area (Å²) in [4.78, 5) is 42.0. The summed E-state index contributed by atoms with van der Waals surface area (Å²) in [5, 5.41) is 11.4. The molecule has 2 aromatic carbocycles. The van der Waals surface area contributed by atoms with Crippen LogP contribution in [0.2, 0.25) is 5.02 Å². The van der Waals surface area contributed by atoms with Gasteiger partial charge in [0, 0.05) is 28.8 Å². The molecule has 38 heavy (non-hydrogen) atoms. The van der Waals surface area contributed by atoms with E-state index < -0.39 is 16.9 Å². The van der Waals surface area contributed by atoms with E-state index in [2.05, 4.69) is 4.99 Å². The van der Waals surface area contributed by atoms with Gasteiger partial charge in [-0.3, -0.25) is 19.5 Å². The third-order valence-electron chi connectivity index (χ3n) is 5.97.